The quantitative estimate of drug-likeness (QED) is 0.803. The number of methoxy groups -OCH3 is 1. The molecule has 2 aromatic rings. The zero-order chi connectivity index (χ0) is 16.7. The summed E-state index contributed by atoms with van der Waals surface area (Å²) in [5.74, 6) is 1.37. The van der Waals surface area contributed by atoms with Crippen molar-refractivity contribution in [1.82, 2.24) is 0 Å². The van der Waals surface area contributed by atoms with Gasteiger partial charge in [-0.1, -0.05) is 31.2 Å². The Morgan fingerprint density at radius 1 is 1.13 bits per heavy atom. The van der Waals surface area contributed by atoms with Crippen molar-refractivity contribution in [3.8, 4) is 11.5 Å². The summed E-state index contributed by atoms with van der Waals surface area (Å²) < 4.78 is 24.4. The summed E-state index contributed by atoms with van der Waals surface area (Å²) in [5.41, 5.74) is 8.00. The van der Waals surface area contributed by atoms with Gasteiger partial charge in [-0.3, -0.25) is 0 Å². The monoisotopic (exact) mass is 317 g/mol. The number of benzene rings is 2. The number of nitrogens with two attached hydrogens (primary N) is 1. The van der Waals surface area contributed by atoms with Crippen molar-refractivity contribution in [3.05, 3.63) is 59.4 Å². The molecule has 2 rings (SSSR count). The smallest absolute Gasteiger partial charge is 0.163 e. The van der Waals surface area contributed by atoms with Crippen LogP contribution in [0.4, 0.5) is 4.39 Å². The lowest BCUT2D eigenvalue weighted by atomic mass is 9.91. The third-order valence-electron chi connectivity index (χ3n) is 3.82. The molecule has 0 amide bonds. The minimum absolute atomic E-state index is 0.103. The number of hydrogen-bond acceptors (Lipinski definition) is 3. The predicted octanol–water partition coefficient (Wildman–Crippen LogP) is 3.91. The van der Waals surface area contributed by atoms with Crippen molar-refractivity contribution in [2.24, 2.45) is 5.73 Å². The Bertz CT molecular complexity index is 613. The number of halogens is 1. The highest BCUT2D eigenvalue weighted by atomic mass is 19.1. The molecule has 0 radical (unpaired) electrons. The summed E-state index contributed by atoms with van der Waals surface area (Å²) >= 11 is 0. The summed E-state index contributed by atoms with van der Waals surface area (Å²) in [5, 5.41) is 0. The Balaban J connectivity index is 2.24. The van der Waals surface area contributed by atoms with Gasteiger partial charge in [0, 0.05) is 5.92 Å². The maximum atomic E-state index is 13.1. The molecule has 0 saturated heterocycles. The zero-order valence-corrected chi connectivity index (χ0v) is 13.7. The molecule has 1 unspecified atom stereocenters. The van der Waals surface area contributed by atoms with E-state index in [1.54, 1.807) is 19.2 Å². The maximum absolute atomic E-state index is 13.1. The van der Waals surface area contributed by atoms with Crippen LogP contribution in [-0.4, -0.2) is 20.3 Å². The Labute approximate surface area is 137 Å². The Hall–Kier alpha value is -2.07. The van der Waals surface area contributed by atoms with Crippen LogP contribution in [0.15, 0.2) is 42.5 Å². The van der Waals surface area contributed by atoms with Gasteiger partial charge in [-0.2, -0.15) is 0 Å². The molecule has 0 aliphatic rings. The van der Waals surface area contributed by atoms with E-state index in [9.17, 15) is 4.39 Å². The topological polar surface area (TPSA) is 44.5 Å². The predicted molar refractivity (Wildman–Crippen MR) is 90.7 cm³/mol. The van der Waals surface area contributed by atoms with Crippen molar-refractivity contribution in [1.29, 1.82) is 0 Å². The van der Waals surface area contributed by atoms with E-state index in [4.69, 9.17) is 15.2 Å². The van der Waals surface area contributed by atoms with Crippen LogP contribution in [-0.2, 0) is 6.42 Å². The van der Waals surface area contributed by atoms with Crippen molar-refractivity contribution >= 4 is 0 Å². The zero-order valence-electron chi connectivity index (χ0n) is 13.7. The van der Waals surface area contributed by atoms with Crippen LogP contribution in [0.2, 0.25) is 0 Å². The van der Waals surface area contributed by atoms with Crippen molar-refractivity contribution in [2.75, 3.05) is 20.3 Å². The van der Waals surface area contributed by atoms with E-state index >= 15 is 0 Å². The average Bonchev–Trinajstić information content (AvgIpc) is 2.58. The van der Waals surface area contributed by atoms with E-state index in [2.05, 4.69) is 6.92 Å². The van der Waals surface area contributed by atoms with Crippen LogP contribution in [0.25, 0.3) is 0 Å². The van der Waals surface area contributed by atoms with Crippen LogP contribution < -0.4 is 15.2 Å². The molecule has 2 N–H and O–H groups in total. The minimum Gasteiger partial charge on any atom is -0.493 e. The lowest BCUT2D eigenvalue weighted by molar-refractivity contribution is 0.292. The SMILES string of the molecule is CCCOc1cccc(CC(CN)c2ccc(F)cc2)c1OC. The van der Waals surface area contributed by atoms with Gasteiger partial charge >= 0.3 is 0 Å². The van der Waals surface area contributed by atoms with E-state index in [0.717, 1.165) is 29.0 Å². The maximum Gasteiger partial charge on any atom is 0.163 e. The fourth-order valence-corrected chi connectivity index (χ4v) is 2.62. The minimum atomic E-state index is -0.239. The van der Waals surface area contributed by atoms with Gasteiger partial charge in [0.05, 0.1) is 13.7 Å². The highest BCUT2D eigenvalue weighted by Gasteiger charge is 2.16. The second kappa shape index (κ2) is 8.53. The van der Waals surface area contributed by atoms with Gasteiger partial charge in [-0.15, -0.1) is 0 Å². The lowest BCUT2D eigenvalue weighted by Gasteiger charge is -2.19. The Kier molecular flexibility index (Phi) is 6.41. The van der Waals surface area contributed by atoms with Crippen LogP contribution in [0.5, 0.6) is 11.5 Å². The molecule has 0 spiro atoms. The molecular weight excluding hydrogens is 293 g/mol. The van der Waals surface area contributed by atoms with E-state index in [1.807, 2.05) is 18.2 Å². The molecule has 3 nitrogen and oxygen atoms in total. The molecule has 124 valence electrons. The Morgan fingerprint density at radius 3 is 2.48 bits per heavy atom. The molecule has 0 saturated carbocycles. The molecular formula is C19H24FNO2. The third-order valence-corrected chi connectivity index (χ3v) is 3.82. The molecule has 0 aliphatic carbocycles. The molecule has 0 aliphatic heterocycles. The van der Waals surface area contributed by atoms with Crippen LogP contribution in [0.1, 0.15) is 30.4 Å². The molecule has 0 heterocycles. The third kappa shape index (κ3) is 4.45. The van der Waals surface area contributed by atoms with Crippen LogP contribution >= 0.6 is 0 Å². The summed E-state index contributed by atoms with van der Waals surface area (Å²) in [6.07, 6.45) is 1.66. The molecule has 23 heavy (non-hydrogen) atoms. The average molecular weight is 317 g/mol. The molecule has 0 bridgehead atoms. The van der Waals surface area contributed by atoms with E-state index in [1.165, 1.54) is 12.1 Å². The van der Waals surface area contributed by atoms with Crippen molar-refractivity contribution in [3.63, 3.8) is 0 Å². The van der Waals surface area contributed by atoms with E-state index in [-0.39, 0.29) is 11.7 Å². The highest BCUT2D eigenvalue weighted by molar-refractivity contribution is 5.47. The van der Waals surface area contributed by atoms with Crippen LogP contribution in [0, 0.1) is 5.82 Å². The number of hydrogen-bond donors (Lipinski definition) is 1. The first-order valence-electron chi connectivity index (χ1n) is 7.93. The van der Waals surface area contributed by atoms with Gasteiger partial charge in [-0.25, -0.2) is 4.39 Å². The van der Waals surface area contributed by atoms with Gasteiger partial charge in [0.2, 0.25) is 0 Å². The molecule has 4 heteroatoms. The number of ether oxygens (including phenoxy) is 2. The fraction of sp³-hybridized carbons (Fsp3) is 0.368. The second-order valence-electron chi connectivity index (χ2n) is 5.49. The molecule has 0 fully saturated rings. The Morgan fingerprint density at radius 2 is 1.87 bits per heavy atom. The van der Waals surface area contributed by atoms with Gasteiger partial charge in [0.15, 0.2) is 11.5 Å². The molecule has 1 atom stereocenters. The normalized spacial score (nSPS) is 12.0. The van der Waals surface area contributed by atoms with Crippen LogP contribution in [0.3, 0.4) is 0 Å². The summed E-state index contributed by atoms with van der Waals surface area (Å²) in [6.45, 7) is 3.20. The molecule has 2 aromatic carbocycles. The van der Waals surface area contributed by atoms with E-state index < -0.39 is 0 Å². The molecule has 0 aromatic heterocycles. The van der Waals surface area contributed by atoms with Gasteiger partial charge in [0.25, 0.3) is 0 Å². The van der Waals surface area contributed by atoms with Crippen molar-refractivity contribution < 1.29 is 13.9 Å². The largest absolute Gasteiger partial charge is 0.493 e. The number of rotatable bonds is 8. The second-order valence-corrected chi connectivity index (χ2v) is 5.49. The fourth-order valence-electron chi connectivity index (χ4n) is 2.62. The summed E-state index contributed by atoms with van der Waals surface area (Å²) in [4.78, 5) is 0. The first-order valence-corrected chi connectivity index (χ1v) is 7.93. The van der Waals surface area contributed by atoms with Crippen molar-refractivity contribution in [2.45, 2.75) is 25.7 Å². The summed E-state index contributed by atoms with van der Waals surface area (Å²) in [7, 11) is 1.65. The first-order chi connectivity index (χ1) is 11.2. The number of para-hydroxylation sites is 1. The lowest BCUT2D eigenvalue weighted by Crippen LogP contribution is -2.15. The highest BCUT2D eigenvalue weighted by Crippen LogP contribution is 2.34. The first kappa shape index (κ1) is 17.3. The van der Waals surface area contributed by atoms with E-state index in [0.29, 0.717) is 19.6 Å². The summed E-state index contributed by atoms with van der Waals surface area (Å²) in [6, 6.07) is 12.4. The van der Waals surface area contributed by atoms with Gasteiger partial charge in [0.1, 0.15) is 5.82 Å². The standard InChI is InChI=1S/C19H24FNO2/c1-3-11-23-18-6-4-5-15(19(18)22-2)12-16(13-21)14-7-9-17(20)10-8-14/h4-10,16H,3,11-13,21H2,1-2H3. The van der Waals surface area contributed by atoms with Gasteiger partial charge in [-0.05, 0) is 48.7 Å². The van der Waals surface area contributed by atoms with Gasteiger partial charge < -0.3 is 15.2 Å².